The molecule has 0 radical (unpaired) electrons. The van der Waals surface area contributed by atoms with Crippen LogP contribution in [-0.4, -0.2) is 70.5 Å². The number of piperidine rings is 1. The summed E-state index contributed by atoms with van der Waals surface area (Å²) >= 11 is 3.96. The van der Waals surface area contributed by atoms with Crippen molar-refractivity contribution in [2.75, 3.05) is 13.1 Å². The molecule has 4 N–H and O–H groups in total. The fourth-order valence-corrected chi connectivity index (χ4v) is 5.94. The molecule has 11 heteroatoms. The number of hydrogen-bond acceptors (Lipinski definition) is 5. The van der Waals surface area contributed by atoms with E-state index in [-0.39, 0.29) is 41.4 Å². The largest absolute Gasteiger partial charge is 0.356 e. The summed E-state index contributed by atoms with van der Waals surface area (Å²) < 4.78 is 0. The number of thiol groups is 1. The van der Waals surface area contributed by atoms with Crippen molar-refractivity contribution in [3.8, 4) is 0 Å². The summed E-state index contributed by atoms with van der Waals surface area (Å²) in [6.07, 6.45) is 0.755. The quantitative estimate of drug-likeness (QED) is 0.313. The molecule has 2 heterocycles. The molecule has 0 unspecified atom stereocenters. The number of nitrogens with one attached hydrogen (secondary N) is 4. The number of amides is 5. The van der Waals surface area contributed by atoms with Gasteiger partial charge in [-0.3, -0.25) is 19.2 Å². The fraction of sp³-hybridized carbons (Fsp3) is 0.808. The van der Waals surface area contributed by atoms with E-state index in [2.05, 4.69) is 47.7 Å². The number of hydrogen-bond donors (Lipinski definition) is 5. The third kappa shape index (κ3) is 6.41. The molecule has 10 nitrogen and oxygen atoms in total. The van der Waals surface area contributed by atoms with Gasteiger partial charge in [0.05, 0.1) is 6.04 Å². The van der Waals surface area contributed by atoms with E-state index >= 15 is 0 Å². The Balaban J connectivity index is 1.81. The molecule has 0 aromatic carbocycles. The van der Waals surface area contributed by atoms with Crippen LogP contribution in [0.5, 0.6) is 0 Å². The molecule has 1 aliphatic carbocycles. The zero-order valence-corrected chi connectivity index (χ0v) is 24.1. The zero-order chi connectivity index (χ0) is 28.1. The second-order valence-corrected chi connectivity index (χ2v) is 13.9. The Kier molecular flexibility index (Phi) is 8.00. The third-order valence-electron chi connectivity index (χ3n) is 7.93. The average Bonchev–Trinajstić information content (AvgIpc) is 3.08. The molecular weight excluding hydrogens is 494 g/mol. The standard InChI is InChI=1S/C26H43N5O5S/c1-24(2,3)18(29-23(36)30-25(4,5)6)21(34)31-12-14-16(26(14,7)8)17(31)20(33)28-15(22(35)37)11-13-9-10-27-19(13)32/h13-18H,9-12H2,1-8H3,(H,27,32)(H,28,33)(H,35,37)(H2,29,30,36)/t13-,14-,15-,16-,17-,18+/m0/s1. The molecule has 0 spiro atoms. The number of rotatable bonds is 7. The highest BCUT2D eigenvalue weighted by atomic mass is 32.1. The molecule has 3 aliphatic rings. The van der Waals surface area contributed by atoms with Crippen LogP contribution in [0.1, 0.15) is 68.2 Å². The van der Waals surface area contributed by atoms with Gasteiger partial charge >= 0.3 is 6.03 Å². The van der Waals surface area contributed by atoms with Crippen LogP contribution in [-0.2, 0) is 19.2 Å². The Labute approximate surface area is 225 Å². The first-order valence-electron chi connectivity index (χ1n) is 13.0. The number of nitrogens with zero attached hydrogens (tertiary/aromatic N) is 1. The van der Waals surface area contributed by atoms with Crippen LogP contribution in [0.3, 0.4) is 0 Å². The summed E-state index contributed by atoms with van der Waals surface area (Å²) in [6, 6.07) is -3.04. The average molecular weight is 538 g/mol. The minimum absolute atomic E-state index is 0.0640. The first-order chi connectivity index (χ1) is 16.8. The summed E-state index contributed by atoms with van der Waals surface area (Å²) in [7, 11) is 0. The molecule has 3 fully saturated rings. The lowest BCUT2D eigenvalue weighted by Gasteiger charge is -2.38. The second-order valence-electron chi connectivity index (χ2n) is 13.4. The van der Waals surface area contributed by atoms with Gasteiger partial charge in [-0.05, 0) is 56.3 Å². The van der Waals surface area contributed by atoms with E-state index in [4.69, 9.17) is 0 Å². The SMILES string of the molecule is CC(C)(C)NC(=O)N[C@H](C(=O)N1C[C@H]2[C@@H]([C@H]1C(=O)N[C@@H](C[C@@H]1CCNC1=O)C(=O)S)C2(C)C)C(C)(C)C. The van der Waals surface area contributed by atoms with Crippen molar-refractivity contribution in [1.82, 2.24) is 26.2 Å². The maximum absolute atomic E-state index is 13.9. The fourth-order valence-electron chi connectivity index (χ4n) is 5.77. The molecule has 6 atom stereocenters. The summed E-state index contributed by atoms with van der Waals surface area (Å²) in [5, 5.41) is 10.7. The van der Waals surface area contributed by atoms with Gasteiger partial charge in [-0.2, -0.15) is 0 Å². The molecule has 0 bridgehead atoms. The van der Waals surface area contributed by atoms with Crippen LogP contribution < -0.4 is 21.3 Å². The number of fused-ring (bicyclic) bond motifs is 1. The van der Waals surface area contributed by atoms with Crippen molar-refractivity contribution in [3.05, 3.63) is 0 Å². The van der Waals surface area contributed by atoms with Gasteiger partial charge in [0.1, 0.15) is 12.1 Å². The van der Waals surface area contributed by atoms with Crippen LogP contribution in [0.15, 0.2) is 0 Å². The normalized spacial score (nSPS) is 28.0. The van der Waals surface area contributed by atoms with Crippen LogP contribution in [0.25, 0.3) is 0 Å². The maximum Gasteiger partial charge on any atom is 0.315 e. The number of likely N-dealkylation sites (tertiary alicyclic amines) is 1. The Hall–Kier alpha value is -2.30. The van der Waals surface area contributed by atoms with Crippen molar-refractivity contribution in [3.63, 3.8) is 0 Å². The van der Waals surface area contributed by atoms with Gasteiger partial charge in [0, 0.05) is 24.5 Å². The minimum Gasteiger partial charge on any atom is -0.356 e. The predicted octanol–water partition coefficient (Wildman–Crippen LogP) is 1.45. The molecule has 0 aromatic heterocycles. The molecule has 2 saturated heterocycles. The second kappa shape index (κ2) is 10.1. The highest BCUT2D eigenvalue weighted by Gasteiger charge is 2.69. The molecule has 0 aromatic rings. The van der Waals surface area contributed by atoms with Gasteiger partial charge < -0.3 is 26.2 Å². The highest BCUT2D eigenvalue weighted by molar-refractivity contribution is 7.96. The number of carbonyl (C=O) groups excluding carboxylic acids is 5. The van der Waals surface area contributed by atoms with Crippen molar-refractivity contribution in [1.29, 1.82) is 0 Å². The van der Waals surface area contributed by atoms with E-state index in [1.165, 1.54) is 0 Å². The monoisotopic (exact) mass is 537 g/mol. The summed E-state index contributed by atoms with van der Waals surface area (Å²) in [6.45, 7) is 16.2. The summed E-state index contributed by atoms with van der Waals surface area (Å²) in [4.78, 5) is 66.1. The first-order valence-corrected chi connectivity index (χ1v) is 13.5. The van der Waals surface area contributed by atoms with Crippen molar-refractivity contribution >= 4 is 41.5 Å². The first kappa shape index (κ1) is 29.3. The molecule has 3 rings (SSSR count). The van der Waals surface area contributed by atoms with Gasteiger partial charge in [-0.15, -0.1) is 12.6 Å². The Morgan fingerprint density at radius 2 is 1.73 bits per heavy atom. The highest BCUT2D eigenvalue weighted by Crippen LogP contribution is 2.65. The Morgan fingerprint density at radius 3 is 2.22 bits per heavy atom. The lowest BCUT2D eigenvalue weighted by atomic mass is 9.85. The van der Waals surface area contributed by atoms with Crippen molar-refractivity contribution < 1.29 is 24.0 Å². The Bertz CT molecular complexity index is 969. The minimum atomic E-state index is -0.934. The van der Waals surface area contributed by atoms with E-state index in [1.807, 2.05) is 41.5 Å². The topological polar surface area (TPSA) is 137 Å². The molecule has 37 heavy (non-hydrogen) atoms. The molecule has 2 aliphatic heterocycles. The lowest BCUT2D eigenvalue weighted by Crippen LogP contribution is -2.62. The predicted molar refractivity (Wildman–Crippen MR) is 143 cm³/mol. The number of urea groups is 1. The molecule has 208 valence electrons. The summed E-state index contributed by atoms with van der Waals surface area (Å²) in [5.41, 5.74) is -1.23. The number of carbonyl (C=O) groups is 5. The zero-order valence-electron chi connectivity index (χ0n) is 23.2. The van der Waals surface area contributed by atoms with Gasteiger partial charge in [0.15, 0.2) is 0 Å². The summed E-state index contributed by atoms with van der Waals surface area (Å²) in [5.74, 6) is -1.19. The Morgan fingerprint density at radius 1 is 1.11 bits per heavy atom. The van der Waals surface area contributed by atoms with E-state index < -0.39 is 46.1 Å². The van der Waals surface area contributed by atoms with Gasteiger partial charge in [0.2, 0.25) is 22.8 Å². The van der Waals surface area contributed by atoms with Crippen molar-refractivity contribution in [2.45, 2.75) is 91.9 Å². The van der Waals surface area contributed by atoms with E-state index in [9.17, 15) is 24.0 Å². The molecule has 1 saturated carbocycles. The van der Waals surface area contributed by atoms with Crippen molar-refractivity contribution in [2.24, 2.45) is 28.6 Å². The van der Waals surface area contributed by atoms with E-state index in [1.54, 1.807) is 4.90 Å². The van der Waals surface area contributed by atoms with Gasteiger partial charge in [-0.1, -0.05) is 34.6 Å². The van der Waals surface area contributed by atoms with Crippen LogP contribution in [0, 0.1) is 28.6 Å². The maximum atomic E-state index is 13.9. The van der Waals surface area contributed by atoms with Crippen LogP contribution >= 0.6 is 12.6 Å². The van der Waals surface area contributed by atoms with Crippen LogP contribution in [0.4, 0.5) is 4.79 Å². The van der Waals surface area contributed by atoms with E-state index in [0.717, 1.165) is 0 Å². The third-order valence-corrected chi connectivity index (χ3v) is 8.25. The molecular formula is C26H43N5O5S. The van der Waals surface area contributed by atoms with Gasteiger partial charge in [0.25, 0.3) is 0 Å². The van der Waals surface area contributed by atoms with E-state index in [0.29, 0.717) is 19.5 Å². The molecule has 5 amide bonds. The van der Waals surface area contributed by atoms with Crippen LogP contribution in [0.2, 0.25) is 0 Å². The van der Waals surface area contributed by atoms with Gasteiger partial charge in [-0.25, -0.2) is 4.79 Å². The smallest absolute Gasteiger partial charge is 0.315 e. The lowest BCUT2D eigenvalue weighted by molar-refractivity contribution is -0.144.